The van der Waals surface area contributed by atoms with Crippen LogP contribution >= 0.6 is 12.4 Å². The van der Waals surface area contributed by atoms with Crippen molar-refractivity contribution in [1.29, 1.82) is 0 Å². The summed E-state index contributed by atoms with van der Waals surface area (Å²) in [5.41, 5.74) is 5.96. The number of hydrogen-bond donors (Lipinski definition) is 3. The first kappa shape index (κ1) is 23.9. The van der Waals surface area contributed by atoms with Crippen LogP contribution in [0, 0.1) is 0 Å². The van der Waals surface area contributed by atoms with E-state index in [-0.39, 0.29) is 24.9 Å². The Morgan fingerprint density at radius 2 is 1.77 bits per heavy atom. The monoisotopic (exact) mass is 385 g/mol. The predicted molar refractivity (Wildman–Crippen MR) is 103 cm³/mol. The lowest BCUT2D eigenvalue weighted by atomic mass is 9.96. The number of esters is 1. The molecule has 0 aliphatic heterocycles. The molecule has 1 aromatic carbocycles. The predicted octanol–water partition coefficient (Wildman–Crippen LogP) is 2.25. The largest absolute Gasteiger partial charge is 0.464 e. The van der Waals surface area contributed by atoms with Crippen molar-refractivity contribution < 1.29 is 19.1 Å². The molecule has 0 radical (unpaired) electrons. The smallest absolute Gasteiger partial charge is 0.328 e. The van der Waals surface area contributed by atoms with Gasteiger partial charge in [0, 0.05) is 11.3 Å². The van der Waals surface area contributed by atoms with E-state index in [0.29, 0.717) is 17.7 Å². The molecule has 1 rings (SSSR count). The number of nitrogens with two attached hydrogens (primary N) is 1. The highest BCUT2D eigenvalue weighted by atomic mass is 35.5. The van der Waals surface area contributed by atoms with Crippen molar-refractivity contribution in [1.82, 2.24) is 5.32 Å². The van der Waals surface area contributed by atoms with Crippen molar-refractivity contribution in [3.8, 4) is 0 Å². The number of anilines is 1. The number of rotatable bonds is 8. The molecule has 26 heavy (non-hydrogen) atoms. The van der Waals surface area contributed by atoms with E-state index in [2.05, 4.69) is 10.6 Å². The van der Waals surface area contributed by atoms with E-state index in [1.54, 1.807) is 45.0 Å². The van der Waals surface area contributed by atoms with Crippen LogP contribution in [0.4, 0.5) is 5.69 Å². The van der Waals surface area contributed by atoms with Crippen molar-refractivity contribution in [2.24, 2.45) is 5.73 Å². The van der Waals surface area contributed by atoms with E-state index in [1.807, 2.05) is 6.92 Å². The molecule has 146 valence electrons. The molecule has 7 nitrogen and oxygen atoms in total. The minimum Gasteiger partial charge on any atom is -0.464 e. The third kappa shape index (κ3) is 7.01. The third-order valence-corrected chi connectivity index (χ3v) is 3.68. The van der Waals surface area contributed by atoms with E-state index in [9.17, 15) is 14.4 Å². The number of hydrogen-bond acceptors (Lipinski definition) is 5. The molecular formula is C18H28ClN3O4. The summed E-state index contributed by atoms with van der Waals surface area (Å²) in [4.78, 5) is 35.8. The molecule has 0 heterocycles. The van der Waals surface area contributed by atoms with E-state index in [4.69, 9.17) is 10.5 Å². The SMILES string of the molecule is CCCC(C)(N)C(=O)Nc1ccc(C(=O)NC(C)C(=O)OCC)cc1.Cl. The van der Waals surface area contributed by atoms with Gasteiger partial charge in [0.2, 0.25) is 5.91 Å². The van der Waals surface area contributed by atoms with Crippen LogP contribution in [0.5, 0.6) is 0 Å². The van der Waals surface area contributed by atoms with Gasteiger partial charge in [-0.15, -0.1) is 12.4 Å². The summed E-state index contributed by atoms with van der Waals surface area (Å²) in [6, 6.07) is 5.62. The molecule has 2 atom stereocenters. The molecular weight excluding hydrogens is 358 g/mol. The Kier molecular flexibility index (Phi) is 9.90. The van der Waals surface area contributed by atoms with Crippen molar-refractivity contribution in [3.63, 3.8) is 0 Å². The molecule has 0 saturated carbocycles. The summed E-state index contributed by atoms with van der Waals surface area (Å²) in [5.74, 6) is -1.16. The summed E-state index contributed by atoms with van der Waals surface area (Å²) in [6.45, 7) is 7.16. The fourth-order valence-electron chi connectivity index (χ4n) is 2.22. The molecule has 2 amide bonds. The van der Waals surface area contributed by atoms with Crippen LogP contribution in [0.3, 0.4) is 0 Å². The van der Waals surface area contributed by atoms with Gasteiger partial charge >= 0.3 is 5.97 Å². The van der Waals surface area contributed by atoms with Gasteiger partial charge < -0.3 is 21.1 Å². The van der Waals surface area contributed by atoms with Crippen LogP contribution in [0.25, 0.3) is 0 Å². The van der Waals surface area contributed by atoms with Crippen molar-refractivity contribution in [2.45, 2.75) is 52.1 Å². The molecule has 0 aliphatic rings. The lowest BCUT2D eigenvalue weighted by Crippen LogP contribution is -2.48. The molecule has 0 aromatic heterocycles. The maximum atomic E-state index is 12.2. The second-order valence-corrected chi connectivity index (χ2v) is 6.15. The number of benzene rings is 1. The first-order valence-corrected chi connectivity index (χ1v) is 8.39. The van der Waals surface area contributed by atoms with Gasteiger partial charge in [0.1, 0.15) is 6.04 Å². The van der Waals surface area contributed by atoms with Crippen molar-refractivity contribution in [3.05, 3.63) is 29.8 Å². The summed E-state index contributed by atoms with van der Waals surface area (Å²) < 4.78 is 4.84. The molecule has 1 aromatic rings. The summed E-state index contributed by atoms with van der Waals surface area (Å²) in [6.07, 6.45) is 1.38. The topological polar surface area (TPSA) is 111 Å². The lowest BCUT2D eigenvalue weighted by Gasteiger charge is -2.22. The number of amides is 2. The zero-order valence-electron chi connectivity index (χ0n) is 15.6. The number of carbonyl (C=O) groups is 3. The van der Waals surface area contributed by atoms with E-state index < -0.39 is 23.5 Å². The van der Waals surface area contributed by atoms with Gasteiger partial charge in [-0.3, -0.25) is 9.59 Å². The van der Waals surface area contributed by atoms with Crippen LogP contribution in [0.2, 0.25) is 0 Å². The fraction of sp³-hybridized carbons (Fsp3) is 0.500. The van der Waals surface area contributed by atoms with Crippen molar-refractivity contribution in [2.75, 3.05) is 11.9 Å². The first-order chi connectivity index (χ1) is 11.7. The average Bonchev–Trinajstić information content (AvgIpc) is 2.55. The number of halogens is 1. The first-order valence-electron chi connectivity index (χ1n) is 8.39. The van der Waals surface area contributed by atoms with Crippen LogP contribution in [-0.4, -0.2) is 36.0 Å². The Hall–Kier alpha value is -2.12. The van der Waals surface area contributed by atoms with E-state index >= 15 is 0 Å². The second kappa shape index (κ2) is 10.8. The maximum absolute atomic E-state index is 12.2. The number of ether oxygens (including phenoxy) is 1. The van der Waals surface area contributed by atoms with Crippen LogP contribution in [0.1, 0.15) is 50.9 Å². The maximum Gasteiger partial charge on any atom is 0.328 e. The molecule has 2 unspecified atom stereocenters. The zero-order chi connectivity index (χ0) is 19.0. The highest BCUT2D eigenvalue weighted by Crippen LogP contribution is 2.15. The van der Waals surface area contributed by atoms with E-state index in [0.717, 1.165) is 6.42 Å². The summed E-state index contributed by atoms with van der Waals surface area (Å²) >= 11 is 0. The molecule has 0 spiro atoms. The minimum absolute atomic E-state index is 0. The van der Waals surface area contributed by atoms with Crippen LogP contribution < -0.4 is 16.4 Å². The number of nitrogens with one attached hydrogen (secondary N) is 2. The van der Waals surface area contributed by atoms with Gasteiger partial charge in [0.25, 0.3) is 5.91 Å². The second-order valence-electron chi connectivity index (χ2n) is 6.15. The fourth-order valence-corrected chi connectivity index (χ4v) is 2.22. The quantitative estimate of drug-likeness (QED) is 0.594. The zero-order valence-corrected chi connectivity index (χ0v) is 16.4. The molecule has 0 fully saturated rings. The van der Waals surface area contributed by atoms with Gasteiger partial charge in [0.15, 0.2) is 0 Å². The van der Waals surface area contributed by atoms with Gasteiger partial charge in [-0.05, 0) is 51.5 Å². The Balaban J connectivity index is 0.00000625. The van der Waals surface area contributed by atoms with Gasteiger partial charge in [-0.1, -0.05) is 13.3 Å². The third-order valence-electron chi connectivity index (χ3n) is 3.68. The molecule has 0 saturated heterocycles. The average molecular weight is 386 g/mol. The van der Waals surface area contributed by atoms with Gasteiger partial charge in [-0.2, -0.15) is 0 Å². The Morgan fingerprint density at radius 1 is 1.19 bits per heavy atom. The molecule has 4 N–H and O–H groups in total. The van der Waals surface area contributed by atoms with E-state index in [1.165, 1.54) is 0 Å². The molecule has 0 aliphatic carbocycles. The summed E-state index contributed by atoms with van der Waals surface area (Å²) in [5, 5.41) is 5.30. The standard InChI is InChI=1S/C18H27N3O4.ClH/c1-5-11-18(4,19)17(24)21-14-9-7-13(8-10-14)15(22)20-12(3)16(23)25-6-2;/h7-10,12H,5-6,11,19H2,1-4H3,(H,20,22)(H,21,24);1H. The van der Waals surface area contributed by atoms with Crippen molar-refractivity contribution >= 4 is 35.9 Å². The van der Waals surface area contributed by atoms with Gasteiger partial charge in [-0.25, -0.2) is 4.79 Å². The Bertz CT molecular complexity index is 617. The van der Waals surface area contributed by atoms with Crippen LogP contribution in [-0.2, 0) is 14.3 Å². The Morgan fingerprint density at radius 3 is 2.27 bits per heavy atom. The lowest BCUT2D eigenvalue weighted by molar-refractivity contribution is -0.144. The Labute approximate surface area is 160 Å². The highest BCUT2D eigenvalue weighted by Gasteiger charge is 2.27. The molecule has 8 heteroatoms. The van der Waals surface area contributed by atoms with Gasteiger partial charge in [0.05, 0.1) is 12.1 Å². The van der Waals surface area contributed by atoms with Crippen LogP contribution in [0.15, 0.2) is 24.3 Å². The molecule has 0 bridgehead atoms. The minimum atomic E-state index is -0.945. The number of carbonyl (C=O) groups excluding carboxylic acids is 3. The summed E-state index contributed by atoms with van der Waals surface area (Å²) in [7, 11) is 0. The highest BCUT2D eigenvalue weighted by molar-refractivity contribution is 5.99. The normalized spacial score (nSPS) is 13.6.